The summed E-state index contributed by atoms with van der Waals surface area (Å²) >= 11 is 0. The maximum Gasteiger partial charge on any atom is 0.213 e. The third-order valence-corrected chi connectivity index (χ3v) is 4.36. The summed E-state index contributed by atoms with van der Waals surface area (Å²) in [6, 6.07) is 6.73. The molecule has 4 heteroatoms. The zero-order chi connectivity index (χ0) is 13.8. The first-order chi connectivity index (χ1) is 9.83. The van der Waals surface area contributed by atoms with Crippen molar-refractivity contribution in [3.8, 4) is 5.88 Å². The molecular weight excluding hydrogens is 250 g/mol. The Hall–Kier alpha value is -1.13. The summed E-state index contributed by atoms with van der Waals surface area (Å²) in [5.41, 5.74) is 1.11. The van der Waals surface area contributed by atoms with Crippen LogP contribution in [0, 0.1) is 5.92 Å². The lowest BCUT2D eigenvalue weighted by Gasteiger charge is -2.32. The van der Waals surface area contributed by atoms with Gasteiger partial charge in [-0.1, -0.05) is 6.07 Å². The van der Waals surface area contributed by atoms with E-state index >= 15 is 0 Å². The van der Waals surface area contributed by atoms with Crippen LogP contribution >= 0.6 is 0 Å². The van der Waals surface area contributed by atoms with Gasteiger partial charge >= 0.3 is 0 Å². The van der Waals surface area contributed by atoms with Crippen LogP contribution in [-0.2, 0) is 6.54 Å². The molecule has 1 N–H and O–H groups in total. The van der Waals surface area contributed by atoms with Gasteiger partial charge < -0.3 is 10.1 Å². The molecule has 0 bridgehead atoms. The Morgan fingerprint density at radius 2 is 2.05 bits per heavy atom. The summed E-state index contributed by atoms with van der Waals surface area (Å²) in [5, 5.41) is 3.72. The van der Waals surface area contributed by atoms with Crippen molar-refractivity contribution in [3.05, 3.63) is 23.9 Å². The van der Waals surface area contributed by atoms with Crippen LogP contribution in [0.15, 0.2) is 18.2 Å². The van der Waals surface area contributed by atoms with Crippen molar-refractivity contribution >= 4 is 0 Å². The second kappa shape index (κ2) is 6.55. The molecular formula is C16H25N3O. The molecule has 0 aromatic carbocycles. The molecule has 0 unspecified atom stereocenters. The van der Waals surface area contributed by atoms with Gasteiger partial charge in [-0.3, -0.25) is 4.90 Å². The lowest BCUT2D eigenvalue weighted by molar-refractivity contribution is 0.188. The minimum atomic E-state index is 0.712. The van der Waals surface area contributed by atoms with E-state index in [2.05, 4.69) is 21.3 Å². The molecule has 1 saturated heterocycles. The molecule has 20 heavy (non-hydrogen) atoms. The maximum absolute atomic E-state index is 5.18. The number of ether oxygens (including phenoxy) is 1. The first-order valence-electron chi connectivity index (χ1n) is 7.79. The average molecular weight is 275 g/mol. The van der Waals surface area contributed by atoms with Crippen LogP contribution < -0.4 is 10.1 Å². The van der Waals surface area contributed by atoms with Crippen LogP contribution in [0.5, 0.6) is 5.88 Å². The number of methoxy groups -OCH3 is 1. The van der Waals surface area contributed by atoms with Gasteiger partial charge in [0.2, 0.25) is 5.88 Å². The highest BCUT2D eigenvalue weighted by atomic mass is 16.5. The quantitative estimate of drug-likeness (QED) is 0.862. The molecule has 3 rings (SSSR count). The Bertz CT molecular complexity index is 425. The normalized spacial score (nSPS) is 21.1. The monoisotopic (exact) mass is 275 g/mol. The number of piperidine rings is 1. The Balaban J connectivity index is 1.42. The highest BCUT2D eigenvalue weighted by molar-refractivity contribution is 5.15. The van der Waals surface area contributed by atoms with Crippen molar-refractivity contribution in [2.45, 2.75) is 38.3 Å². The lowest BCUT2D eigenvalue weighted by atomic mass is 10.0. The highest BCUT2D eigenvalue weighted by Crippen LogP contribution is 2.28. The molecule has 2 fully saturated rings. The minimum absolute atomic E-state index is 0.712. The summed E-state index contributed by atoms with van der Waals surface area (Å²) in [6.07, 6.45) is 5.40. The number of aromatic nitrogens is 1. The average Bonchev–Trinajstić information content (AvgIpc) is 3.31. The fraction of sp³-hybridized carbons (Fsp3) is 0.688. The van der Waals surface area contributed by atoms with Gasteiger partial charge in [-0.05, 0) is 44.2 Å². The van der Waals surface area contributed by atoms with E-state index in [9.17, 15) is 0 Å². The fourth-order valence-corrected chi connectivity index (χ4v) is 2.84. The van der Waals surface area contributed by atoms with Crippen LogP contribution in [0.1, 0.15) is 31.4 Å². The van der Waals surface area contributed by atoms with E-state index in [0.717, 1.165) is 24.2 Å². The van der Waals surface area contributed by atoms with Gasteiger partial charge in [-0.15, -0.1) is 0 Å². The van der Waals surface area contributed by atoms with Gasteiger partial charge in [0.25, 0.3) is 0 Å². The van der Waals surface area contributed by atoms with Gasteiger partial charge in [0, 0.05) is 31.7 Å². The molecule has 0 spiro atoms. The van der Waals surface area contributed by atoms with Crippen molar-refractivity contribution in [2.75, 3.05) is 26.7 Å². The second-order valence-corrected chi connectivity index (χ2v) is 6.07. The SMILES string of the molecule is COc1cccc(CN2CCC(NCC3CC3)CC2)n1. The Labute approximate surface area is 121 Å². The van der Waals surface area contributed by atoms with E-state index in [-0.39, 0.29) is 0 Å². The van der Waals surface area contributed by atoms with Gasteiger partial charge in [0.1, 0.15) is 0 Å². The third kappa shape index (κ3) is 3.93. The van der Waals surface area contributed by atoms with E-state index < -0.39 is 0 Å². The van der Waals surface area contributed by atoms with Gasteiger partial charge in [0.05, 0.1) is 12.8 Å². The third-order valence-electron chi connectivity index (χ3n) is 4.36. The van der Waals surface area contributed by atoms with Crippen molar-refractivity contribution < 1.29 is 4.74 Å². The topological polar surface area (TPSA) is 37.4 Å². The highest BCUT2D eigenvalue weighted by Gasteiger charge is 2.24. The molecule has 0 radical (unpaired) electrons. The molecule has 2 heterocycles. The zero-order valence-electron chi connectivity index (χ0n) is 12.3. The summed E-state index contributed by atoms with van der Waals surface area (Å²) in [7, 11) is 1.67. The number of nitrogens with zero attached hydrogens (tertiary/aromatic N) is 2. The molecule has 1 aromatic rings. The molecule has 110 valence electrons. The Kier molecular flexibility index (Phi) is 4.53. The number of pyridine rings is 1. The number of likely N-dealkylation sites (tertiary alicyclic amines) is 1. The minimum Gasteiger partial charge on any atom is -0.481 e. The number of rotatable bonds is 6. The maximum atomic E-state index is 5.18. The van der Waals surface area contributed by atoms with E-state index in [4.69, 9.17) is 4.74 Å². The van der Waals surface area contributed by atoms with Crippen molar-refractivity contribution in [2.24, 2.45) is 5.92 Å². The standard InChI is InChI=1S/C16H25N3O/c1-20-16-4-2-3-15(18-16)12-19-9-7-14(8-10-19)17-11-13-5-6-13/h2-4,13-14,17H,5-12H2,1H3. The van der Waals surface area contributed by atoms with Crippen LogP contribution in [0.3, 0.4) is 0 Å². The molecule has 1 saturated carbocycles. The van der Waals surface area contributed by atoms with Gasteiger partial charge in [-0.25, -0.2) is 4.98 Å². The Morgan fingerprint density at radius 1 is 1.25 bits per heavy atom. The number of hydrogen-bond donors (Lipinski definition) is 1. The Morgan fingerprint density at radius 3 is 2.75 bits per heavy atom. The first-order valence-corrected chi connectivity index (χ1v) is 7.79. The van der Waals surface area contributed by atoms with Crippen LogP contribution in [0.4, 0.5) is 0 Å². The lowest BCUT2D eigenvalue weighted by Crippen LogP contribution is -2.42. The smallest absolute Gasteiger partial charge is 0.213 e. The fourth-order valence-electron chi connectivity index (χ4n) is 2.84. The van der Waals surface area contributed by atoms with E-state index in [1.165, 1.54) is 45.3 Å². The molecule has 1 aliphatic carbocycles. The molecule has 0 atom stereocenters. The van der Waals surface area contributed by atoms with Crippen LogP contribution in [-0.4, -0.2) is 42.7 Å². The van der Waals surface area contributed by atoms with Crippen LogP contribution in [0.2, 0.25) is 0 Å². The van der Waals surface area contributed by atoms with E-state index in [1.54, 1.807) is 7.11 Å². The summed E-state index contributed by atoms with van der Waals surface area (Å²) in [4.78, 5) is 6.99. The van der Waals surface area contributed by atoms with Gasteiger partial charge in [-0.2, -0.15) is 0 Å². The largest absolute Gasteiger partial charge is 0.481 e. The zero-order valence-corrected chi connectivity index (χ0v) is 12.3. The number of hydrogen-bond acceptors (Lipinski definition) is 4. The van der Waals surface area contributed by atoms with E-state index in [1.807, 2.05) is 12.1 Å². The number of nitrogens with one attached hydrogen (secondary N) is 1. The van der Waals surface area contributed by atoms with Gasteiger partial charge in [0.15, 0.2) is 0 Å². The predicted octanol–water partition coefficient (Wildman–Crippen LogP) is 2.05. The molecule has 0 amide bonds. The molecule has 1 aliphatic heterocycles. The molecule has 4 nitrogen and oxygen atoms in total. The van der Waals surface area contributed by atoms with Crippen molar-refractivity contribution in [3.63, 3.8) is 0 Å². The molecule has 1 aromatic heterocycles. The van der Waals surface area contributed by atoms with Crippen molar-refractivity contribution in [1.82, 2.24) is 15.2 Å². The second-order valence-electron chi connectivity index (χ2n) is 6.07. The van der Waals surface area contributed by atoms with E-state index in [0.29, 0.717) is 5.88 Å². The summed E-state index contributed by atoms with van der Waals surface area (Å²) < 4.78 is 5.18. The predicted molar refractivity (Wildman–Crippen MR) is 79.8 cm³/mol. The summed E-state index contributed by atoms with van der Waals surface area (Å²) in [5.74, 6) is 1.69. The first kappa shape index (κ1) is 13.8. The molecule has 2 aliphatic rings. The summed E-state index contributed by atoms with van der Waals surface area (Å²) in [6.45, 7) is 4.51. The van der Waals surface area contributed by atoms with Crippen molar-refractivity contribution in [1.29, 1.82) is 0 Å². The van der Waals surface area contributed by atoms with Crippen LogP contribution in [0.25, 0.3) is 0 Å².